The van der Waals surface area contributed by atoms with Gasteiger partial charge < -0.3 is 14.6 Å². The van der Waals surface area contributed by atoms with Crippen LogP contribution in [-0.4, -0.2) is 24.3 Å². The summed E-state index contributed by atoms with van der Waals surface area (Å²) in [5.74, 6) is -0.478. The summed E-state index contributed by atoms with van der Waals surface area (Å²) in [4.78, 5) is 12.4. The lowest BCUT2D eigenvalue weighted by molar-refractivity contribution is -0.137. The molecule has 4 rings (SSSR count). The van der Waals surface area contributed by atoms with Gasteiger partial charge in [-0.3, -0.25) is 0 Å². The highest BCUT2D eigenvalue weighted by Crippen LogP contribution is 2.41. The number of aliphatic hydroxyl groups is 1. The molecule has 3 aromatic rings. The zero-order valence-electron chi connectivity index (χ0n) is 17.9. The van der Waals surface area contributed by atoms with Gasteiger partial charge in [0, 0.05) is 11.5 Å². The van der Waals surface area contributed by atoms with Gasteiger partial charge in [-0.1, -0.05) is 42.5 Å². The molecule has 1 heterocycles. The van der Waals surface area contributed by atoms with Crippen molar-refractivity contribution in [3.8, 4) is 16.9 Å². The Labute approximate surface area is 189 Å². The van der Waals surface area contributed by atoms with Crippen LogP contribution in [0, 0.1) is 5.92 Å². The first kappa shape index (κ1) is 22.9. The van der Waals surface area contributed by atoms with Gasteiger partial charge in [0.2, 0.25) is 0 Å². The van der Waals surface area contributed by atoms with Gasteiger partial charge in [-0.15, -0.1) is 0 Å². The quantitative estimate of drug-likeness (QED) is 0.491. The number of esters is 1. The summed E-state index contributed by atoms with van der Waals surface area (Å²) in [6.07, 6.45) is -4.72. The summed E-state index contributed by atoms with van der Waals surface area (Å²) in [5, 5.41) is 10.9. The number of carbonyl (C=O) groups excluding carboxylic acids is 1. The molecule has 3 aromatic carbocycles. The first-order valence-electron chi connectivity index (χ1n) is 10.7. The summed E-state index contributed by atoms with van der Waals surface area (Å²) < 4.78 is 50.9. The number of aliphatic hydroxyl groups excluding tert-OH is 1. The third-order valence-corrected chi connectivity index (χ3v) is 5.73. The molecule has 0 bridgehead atoms. The zero-order chi connectivity index (χ0) is 23.6. The lowest BCUT2D eigenvalue weighted by Crippen LogP contribution is -2.27. The number of benzene rings is 3. The van der Waals surface area contributed by atoms with E-state index in [1.54, 1.807) is 25.1 Å². The number of hydrogen-bond acceptors (Lipinski definition) is 4. The molecule has 2 atom stereocenters. The van der Waals surface area contributed by atoms with Crippen molar-refractivity contribution in [1.29, 1.82) is 0 Å². The topological polar surface area (TPSA) is 55.8 Å². The van der Waals surface area contributed by atoms with Crippen molar-refractivity contribution in [2.45, 2.75) is 25.6 Å². The summed E-state index contributed by atoms with van der Waals surface area (Å²) in [7, 11) is 0. The molecule has 1 aliphatic rings. The molecule has 172 valence electrons. The van der Waals surface area contributed by atoms with Crippen LogP contribution in [0.5, 0.6) is 5.75 Å². The van der Waals surface area contributed by atoms with Crippen molar-refractivity contribution < 1.29 is 32.5 Å². The molecule has 0 spiro atoms. The molecule has 0 amide bonds. The Balaban J connectivity index is 1.68. The third-order valence-electron chi connectivity index (χ3n) is 5.73. The SMILES string of the molecule is CCOC(=O)c1ccc(C(F)(F)F)cc1-c1ccc2c(c1)OC[C@H](Cc1ccccc1)[C@H]2O. The normalized spacial score (nSPS) is 17.7. The van der Waals surface area contributed by atoms with Gasteiger partial charge >= 0.3 is 12.1 Å². The smallest absolute Gasteiger partial charge is 0.416 e. The van der Waals surface area contributed by atoms with Gasteiger partial charge in [-0.05, 0) is 54.3 Å². The second-order valence-electron chi connectivity index (χ2n) is 7.94. The second-order valence-corrected chi connectivity index (χ2v) is 7.94. The van der Waals surface area contributed by atoms with E-state index in [0.717, 1.165) is 23.8 Å². The lowest BCUT2D eigenvalue weighted by Gasteiger charge is -2.31. The van der Waals surface area contributed by atoms with Crippen molar-refractivity contribution in [3.05, 3.63) is 89.0 Å². The number of rotatable bonds is 5. The van der Waals surface area contributed by atoms with Gasteiger partial charge in [0.05, 0.1) is 30.4 Å². The molecule has 33 heavy (non-hydrogen) atoms. The molecule has 4 nitrogen and oxygen atoms in total. The molecule has 0 saturated heterocycles. The van der Waals surface area contributed by atoms with E-state index in [2.05, 4.69) is 0 Å². The van der Waals surface area contributed by atoms with Crippen molar-refractivity contribution in [1.82, 2.24) is 0 Å². The Morgan fingerprint density at radius 3 is 2.55 bits per heavy atom. The van der Waals surface area contributed by atoms with Crippen LogP contribution < -0.4 is 4.74 Å². The summed E-state index contributed by atoms with van der Waals surface area (Å²) in [6, 6.07) is 17.5. The molecule has 0 aliphatic carbocycles. The van der Waals surface area contributed by atoms with Crippen molar-refractivity contribution >= 4 is 5.97 Å². The largest absolute Gasteiger partial charge is 0.493 e. The van der Waals surface area contributed by atoms with Gasteiger partial charge in [0.25, 0.3) is 0 Å². The molecular formula is C26H23F3O4. The van der Waals surface area contributed by atoms with Crippen LogP contribution in [0.4, 0.5) is 13.2 Å². The molecule has 0 aromatic heterocycles. The first-order chi connectivity index (χ1) is 15.8. The van der Waals surface area contributed by atoms with E-state index in [0.29, 0.717) is 23.3 Å². The maximum absolute atomic E-state index is 13.3. The predicted molar refractivity (Wildman–Crippen MR) is 117 cm³/mol. The standard InChI is InChI=1S/C26H23F3O4/c1-2-32-25(31)20-11-9-19(26(27,28)29)14-22(20)17-8-10-21-23(13-17)33-15-18(24(21)30)12-16-6-4-3-5-7-16/h3-11,13-14,18,24,30H,2,12,15H2,1H3/t18-,24+/m0/s1. The minimum Gasteiger partial charge on any atom is -0.493 e. The zero-order valence-corrected chi connectivity index (χ0v) is 17.9. The summed E-state index contributed by atoms with van der Waals surface area (Å²) >= 11 is 0. The van der Waals surface area contributed by atoms with E-state index in [1.807, 2.05) is 30.3 Å². The summed E-state index contributed by atoms with van der Waals surface area (Å²) in [6.45, 7) is 1.99. The van der Waals surface area contributed by atoms with E-state index < -0.39 is 23.8 Å². The minimum atomic E-state index is -4.56. The Morgan fingerprint density at radius 2 is 1.85 bits per heavy atom. The fraction of sp³-hybridized carbons (Fsp3) is 0.269. The number of hydrogen-bond donors (Lipinski definition) is 1. The number of carbonyl (C=O) groups is 1. The number of halogens is 3. The molecule has 7 heteroatoms. The van der Waals surface area contributed by atoms with Crippen LogP contribution >= 0.6 is 0 Å². The Bertz CT molecular complexity index is 1140. The van der Waals surface area contributed by atoms with Crippen LogP contribution in [0.1, 0.15) is 40.1 Å². The molecular weight excluding hydrogens is 433 g/mol. The Hall–Kier alpha value is -3.32. The number of fused-ring (bicyclic) bond motifs is 1. The van der Waals surface area contributed by atoms with Crippen molar-refractivity contribution in [3.63, 3.8) is 0 Å². The van der Waals surface area contributed by atoms with Crippen molar-refractivity contribution in [2.75, 3.05) is 13.2 Å². The highest BCUT2D eigenvalue weighted by molar-refractivity contribution is 5.97. The maximum Gasteiger partial charge on any atom is 0.416 e. The van der Waals surface area contributed by atoms with Crippen LogP contribution in [0.3, 0.4) is 0 Å². The van der Waals surface area contributed by atoms with Gasteiger partial charge in [-0.2, -0.15) is 13.2 Å². The van der Waals surface area contributed by atoms with Crippen LogP contribution in [0.15, 0.2) is 66.7 Å². The van der Waals surface area contributed by atoms with Crippen LogP contribution in [0.25, 0.3) is 11.1 Å². The highest BCUT2D eigenvalue weighted by Gasteiger charge is 2.33. The van der Waals surface area contributed by atoms with Gasteiger partial charge in [0.1, 0.15) is 5.75 Å². The van der Waals surface area contributed by atoms with Crippen LogP contribution in [-0.2, 0) is 17.3 Å². The molecule has 1 N–H and O–H groups in total. The predicted octanol–water partition coefficient (Wildman–Crippen LogP) is 5.83. The second kappa shape index (κ2) is 9.27. The van der Waals surface area contributed by atoms with Gasteiger partial charge in [-0.25, -0.2) is 4.79 Å². The third kappa shape index (κ3) is 4.88. The van der Waals surface area contributed by atoms with Crippen LogP contribution in [0.2, 0.25) is 0 Å². The van der Waals surface area contributed by atoms with E-state index in [4.69, 9.17) is 9.47 Å². The molecule has 0 fully saturated rings. The van der Waals surface area contributed by atoms with E-state index in [-0.39, 0.29) is 30.3 Å². The monoisotopic (exact) mass is 456 g/mol. The molecule has 0 unspecified atom stereocenters. The number of ether oxygens (including phenoxy) is 2. The average Bonchev–Trinajstić information content (AvgIpc) is 2.80. The number of alkyl halides is 3. The average molecular weight is 456 g/mol. The fourth-order valence-electron chi connectivity index (χ4n) is 4.05. The Kier molecular flexibility index (Phi) is 6.42. The molecule has 0 radical (unpaired) electrons. The van der Waals surface area contributed by atoms with Gasteiger partial charge in [0.15, 0.2) is 0 Å². The van der Waals surface area contributed by atoms with E-state index in [9.17, 15) is 23.1 Å². The van der Waals surface area contributed by atoms with E-state index >= 15 is 0 Å². The Morgan fingerprint density at radius 1 is 1.09 bits per heavy atom. The maximum atomic E-state index is 13.3. The fourth-order valence-corrected chi connectivity index (χ4v) is 4.05. The molecule has 0 saturated carbocycles. The molecule has 1 aliphatic heterocycles. The minimum absolute atomic E-state index is 0.0307. The highest BCUT2D eigenvalue weighted by atomic mass is 19.4. The first-order valence-corrected chi connectivity index (χ1v) is 10.7. The van der Waals surface area contributed by atoms with E-state index in [1.165, 1.54) is 0 Å². The van der Waals surface area contributed by atoms with Crippen molar-refractivity contribution in [2.24, 2.45) is 5.92 Å². The lowest BCUT2D eigenvalue weighted by atomic mass is 9.87. The summed E-state index contributed by atoms with van der Waals surface area (Å²) in [5.41, 5.74) is 1.27.